The Morgan fingerprint density at radius 1 is 1.20 bits per heavy atom. The fourth-order valence-corrected chi connectivity index (χ4v) is 2.13. The number of anilines is 1. The van der Waals surface area contributed by atoms with E-state index in [4.69, 9.17) is 9.47 Å². The summed E-state index contributed by atoms with van der Waals surface area (Å²) in [6.07, 6.45) is 1.06. The van der Waals surface area contributed by atoms with Gasteiger partial charge in [-0.1, -0.05) is 0 Å². The molecule has 0 spiro atoms. The molecule has 0 unspecified atom stereocenters. The largest absolute Gasteiger partial charge is 0.481 e. The molecule has 20 heavy (non-hydrogen) atoms. The van der Waals surface area contributed by atoms with Crippen molar-refractivity contribution >= 4 is 5.95 Å². The van der Waals surface area contributed by atoms with Crippen LogP contribution in [0.25, 0.3) is 0 Å². The van der Waals surface area contributed by atoms with Crippen LogP contribution in [0.4, 0.5) is 5.95 Å². The molecule has 2 heterocycles. The number of piperazine rings is 1. The number of nitrogens with one attached hydrogen (secondary N) is 2. The molecule has 7 nitrogen and oxygen atoms in total. The van der Waals surface area contributed by atoms with Gasteiger partial charge in [-0.3, -0.25) is 0 Å². The number of ether oxygens (including phenoxy) is 2. The van der Waals surface area contributed by atoms with Crippen LogP contribution >= 0.6 is 0 Å². The number of aromatic nitrogens is 2. The standard InChI is InChI=1S/C13H23N5O2/c1-19-11-10-12(20-2)17-13(16-11)15-4-3-7-18-8-5-14-6-9-18/h10,14H,3-9H2,1-2H3,(H,15,16,17). The van der Waals surface area contributed by atoms with Crippen LogP contribution in [0.3, 0.4) is 0 Å². The van der Waals surface area contributed by atoms with Crippen LogP contribution in [0.15, 0.2) is 6.07 Å². The molecule has 0 aromatic carbocycles. The van der Waals surface area contributed by atoms with Crippen molar-refractivity contribution < 1.29 is 9.47 Å². The maximum Gasteiger partial charge on any atom is 0.229 e. The average Bonchev–Trinajstić information content (AvgIpc) is 2.52. The summed E-state index contributed by atoms with van der Waals surface area (Å²) in [4.78, 5) is 10.9. The quantitative estimate of drug-likeness (QED) is 0.692. The van der Waals surface area contributed by atoms with Gasteiger partial charge in [-0.15, -0.1) is 0 Å². The zero-order valence-electron chi connectivity index (χ0n) is 12.2. The van der Waals surface area contributed by atoms with Gasteiger partial charge in [0, 0.05) is 32.7 Å². The van der Waals surface area contributed by atoms with Crippen LogP contribution in [0, 0.1) is 0 Å². The lowest BCUT2D eigenvalue weighted by Crippen LogP contribution is -2.44. The van der Waals surface area contributed by atoms with Crippen LogP contribution in [0.1, 0.15) is 6.42 Å². The van der Waals surface area contributed by atoms with Gasteiger partial charge in [0.05, 0.1) is 20.3 Å². The molecule has 1 aromatic heterocycles. The van der Waals surface area contributed by atoms with Crippen LogP contribution in [-0.4, -0.2) is 68.4 Å². The first-order chi connectivity index (χ1) is 9.81. The molecule has 1 fully saturated rings. The van der Waals surface area contributed by atoms with Gasteiger partial charge in [0.15, 0.2) is 0 Å². The Kier molecular flexibility index (Phi) is 5.82. The molecule has 1 aromatic rings. The molecule has 0 radical (unpaired) electrons. The lowest BCUT2D eigenvalue weighted by Gasteiger charge is -2.27. The molecule has 112 valence electrons. The van der Waals surface area contributed by atoms with Crippen molar-refractivity contribution in [2.75, 3.05) is 58.8 Å². The van der Waals surface area contributed by atoms with Crippen molar-refractivity contribution in [3.05, 3.63) is 6.07 Å². The highest BCUT2D eigenvalue weighted by Crippen LogP contribution is 2.17. The van der Waals surface area contributed by atoms with E-state index in [1.54, 1.807) is 20.3 Å². The van der Waals surface area contributed by atoms with Gasteiger partial charge < -0.3 is 25.0 Å². The molecule has 7 heteroatoms. The van der Waals surface area contributed by atoms with Gasteiger partial charge in [-0.2, -0.15) is 9.97 Å². The third-order valence-corrected chi connectivity index (χ3v) is 3.24. The van der Waals surface area contributed by atoms with Gasteiger partial charge in [-0.25, -0.2) is 0 Å². The lowest BCUT2D eigenvalue weighted by molar-refractivity contribution is 0.240. The highest BCUT2D eigenvalue weighted by Gasteiger charge is 2.09. The summed E-state index contributed by atoms with van der Waals surface area (Å²) in [5.41, 5.74) is 0. The molecule has 2 N–H and O–H groups in total. The Labute approximate surface area is 119 Å². The summed E-state index contributed by atoms with van der Waals surface area (Å²) >= 11 is 0. The van der Waals surface area contributed by atoms with Crippen LogP contribution in [-0.2, 0) is 0 Å². The Morgan fingerprint density at radius 3 is 2.45 bits per heavy atom. The fraction of sp³-hybridized carbons (Fsp3) is 0.692. The fourth-order valence-electron chi connectivity index (χ4n) is 2.13. The van der Waals surface area contributed by atoms with Crippen molar-refractivity contribution in [2.45, 2.75) is 6.42 Å². The second-order valence-corrected chi connectivity index (χ2v) is 4.65. The van der Waals surface area contributed by atoms with E-state index in [9.17, 15) is 0 Å². The number of hydrogen-bond donors (Lipinski definition) is 2. The predicted molar refractivity (Wildman–Crippen MR) is 77.6 cm³/mol. The van der Waals surface area contributed by atoms with Gasteiger partial charge in [-0.05, 0) is 13.0 Å². The third kappa shape index (κ3) is 4.50. The Balaban J connectivity index is 1.75. The molecular formula is C13H23N5O2. The third-order valence-electron chi connectivity index (χ3n) is 3.24. The van der Waals surface area contributed by atoms with Crippen molar-refractivity contribution in [1.82, 2.24) is 20.2 Å². The second kappa shape index (κ2) is 7.86. The van der Waals surface area contributed by atoms with Crippen LogP contribution < -0.4 is 20.1 Å². The van der Waals surface area contributed by atoms with E-state index in [2.05, 4.69) is 25.5 Å². The highest BCUT2D eigenvalue weighted by molar-refractivity contribution is 5.33. The monoisotopic (exact) mass is 281 g/mol. The first-order valence-electron chi connectivity index (χ1n) is 6.96. The molecule has 0 saturated carbocycles. The maximum absolute atomic E-state index is 5.11. The summed E-state index contributed by atoms with van der Waals surface area (Å²) in [5, 5.41) is 6.56. The van der Waals surface area contributed by atoms with E-state index in [0.717, 1.165) is 45.7 Å². The van der Waals surface area contributed by atoms with Gasteiger partial charge in [0.2, 0.25) is 17.7 Å². The normalized spacial score (nSPS) is 15.9. The molecule has 1 saturated heterocycles. The molecule has 1 aliphatic heterocycles. The minimum absolute atomic E-state index is 0.501. The molecule has 2 rings (SSSR count). The molecular weight excluding hydrogens is 258 g/mol. The van der Waals surface area contributed by atoms with Gasteiger partial charge in [0.25, 0.3) is 0 Å². The van der Waals surface area contributed by atoms with Gasteiger partial charge in [0.1, 0.15) is 0 Å². The maximum atomic E-state index is 5.11. The van der Waals surface area contributed by atoms with E-state index in [0.29, 0.717) is 17.7 Å². The van der Waals surface area contributed by atoms with E-state index < -0.39 is 0 Å². The zero-order valence-corrected chi connectivity index (χ0v) is 12.2. The lowest BCUT2D eigenvalue weighted by atomic mass is 10.3. The average molecular weight is 281 g/mol. The minimum Gasteiger partial charge on any atom is -0.481 e. The van der Waals surface area contributed by atoms with E-state index >= 15 is 0 Å². The summed E-state index contributed by atoms with van der Waals surface area (Å²) in [5.74, 6) is 1.55. The van der Waals surface area contributed by atoms with Crippen molar-refractivity contribution in [2.24, 2.45) is 0 Å². The summed E-state index contributed by atoms with van der Waals surface area (Å²) in [7, 11) is 3.16. The van der Waals surface area contributed by atoms with Gasteiger partial charge >= 0.3 is 0 Å². The molecule has 0 atom stereocenters. The zero-order chi connectivity index (χ0) is 14.2. The predicted octanol–water partition coefficient (Wildman–Crippen LogP) is 0.201. The molecule has 1 aliphatic rings. The highest BCUT2D eigenvalue weighted by atomic mass is 16.5. The van der Waals surface area contributed by atoms with E-state index in [1.807, 2.05) is 0 Å². The molecule has 0 aliphatic carbocycles. The SMILES string of the molecule is COc1cc(OC)nc(NCCCN2CCNCC2)n1. The van der Waals surface area contributed by atoms with E-state index in [-0.39, 0.29) is 0 Å². The second-order valence-electron chi connectivity index (χ2n) is 4.65. The number of hydrogen-bond acceptors (Lipinski definition) is 7. The first-order valence-corrected chi connectivity index (χ1v) is 6.96. The van der Waals surface area contributed by atoms with Crippen LogP contribution in [0.2, 0.25) is 0 Å². The molecule has 0 amide bonds. The number of rotatable bonds is 7. The summed E-state index contributed by atoms with van der Waals surface area (Å²) in [6.45, 7) is 6.36. The smallest absolute Gasteiger partial charge is 0.229 e. The number of nitrogens with zero attached hydrogens (tertiary/aromatic N) is 3. The Morgan fingerprint density at radius 2 is 1.85 bits per heavy atom. The van der Waals surface area contributed by atoms with E-state index in [1.165, 1.54) is 0 Å². The minimum atomic E-state index is 0.501. The van der Waals surface area contributed by atoms with Crippen molar-refractivity contribution in [3.8, 4) is 11.8 Å². The number of methoxy groups -OCH3 is 2. The Hall–Kier alpha value is -1.60. The van der Waals surface area contributed by atoms with Crippen molar-refractivity contribution in [3.63, 3.8) is 0 Å². The Bertz CT molecular complexity index is 387. The summed E-state index contributed by atoms with van der Waals surface area (Å²) < 4.78 is 10.2. The first kappa shape index (κ1) is 14.8. The van der Waals surface area contributed by atoms with Crippen molar-refractivity contribution in [1.29, 1.82) is 0 Å². The summed E-state index contributed by atoms with van der Waals surface area (Å²) in [6, 6.07) is 1.66. The van der Waals surface area contributed by atoms with Crippen LogP contribution in [0.5, 0.6) is 11.8 Å². The topological polar surface area (TPSA) is 71.5 Å². The molecule has 0 bridgehead atoms.